The van der Waals surface area contributed by atoms with E-state index in [4.69, 9.17) is 21.6 Å². The number of aromatic nitrogens is 6. The first-order chi connectivity index (χ1) is 53.0. The Labute approximate surface area is 633 Å². The van der Waals surface area contributed by atoms with E-state index in [9.17, 15) is 0 Å². The minimum Gasteiger partial charge on any atom is -0.299 e. The summed E-state index contributed by atoms with van der Waals surface area (Å²) >= 11 is 13.5. The van der Waals surface area contributed by atoms with Gasteiger partial charge in [0.1, 0.15) is 17.7 Å². The first-order valence-corrected chi connectivity index (χ1v) is 39.2. The van der Waals surface area contributed by atoms with Crippen LogP contribution in [0.15, 0.2) is 309 Å². The van der Waals surface area contributed by atoms with E-state index in [1.54, 1.807) is 22.7 Å². The number of nitrogens with one attached hydrogen (secondary N) is 1. The number of nitrogens with zero attached hydrogens (tertiary/aromatic N) is 5. The highest BCUT2D eigenvalue weighted by atomic mass is 35.5. The van der Waals surface area contributed by atoms with Gasteiger partial charge < -0.3 is 0 Å². The Kier molecular flexibility index (Phi) is 14.3. The number of benzene rings is 15. The maximum absolute atomic E-state index is 6.30. The fourth-order valence-electron chi connectivity index (χ4n) is 16.3. The highest BCUT2D eigenvalue weighted by Crippen LogP contribution is 2.50. The number of fused-ring (bicyclic) bond motifs is 28. The Bertz CT molecular complexity index is 7720. The van der Waals surface area contributed by atoms with Crippen molar-refractivity contribution >= 4 is 226 Å². The lowest BCUT2D eigenvalue weighted by Gasteiger charge is -2.12. The van der Waals surface area contributed by atoms with E-state index in [1.165, 1.54) is 142 Å². The minimum absolute atomic E-state index is 0.277. The second-order valence-corrected chi connectivity index (χ2v) is 31.7. The zero-order valence-corrected chi connectivity index (χ0v) is 60.9. The van der Waals surface area contributed by atoms with Crippen LogP contribution in [0.1, 0.15) is 11.3 Å². The monoisotopic (exact) mass is 1450 g/mol. The Hall–Kier alpha value is -12.6. The molecule has 8 aromatic heterocycles. The van der Waals surface area contributed by atoms with Crippen LogP contribution in [-0.2, 0) is 0 Å². The SMILES string of the molecule is Clc1nc(-c2ccc(-c3ccc4ccccc4c3)cc2)c2sc3ccccc3c2n1.[C+]1=Cc2[nH]c3c4sc5ccccc5c4c4ccccc4c3c2C=C1.c1ccc2cc(-c3ccc(-c4nc(-n5c6ccccc6c6c7ccccc7c7c8ccccc8sc7c65)nc5c4sc4ccccc45)cc3)ccc2c1. The predicted octanol–water partition coefficient (Wildman–Crippen LogP) is 28.5. The molecule has 0 amide bonds. The molecule has 107 heavy (non-hydrogen) atoms. The first-order valence-electron chi connectivity index (χ1n) is 35.6. The summed E-state index contributed by atoms with van der Waals surface area (Å²) in [4.78, 5) is 23.8. The predicted molar refractivity (Wildman–Crippen MR) is 462 cm³/mol. The third kappa shape index (κ3) is 10.00. The van der Waals surface area contributed by atoms with Crippen molar-refractivity contribution in [3.63, 3.8) is 0 Å². The summed E-state index contributed by atoms with van der Waals surface area (Å²) < 4.78 is 12.2. The normalized spacial score (nSPS) is 12.2. The van der Waals surface area contributed by atoms with Crippen molar-refractivity contribution in [3.05, 3.63) is 332 Å². The summed E-state index contributed by atoms with van der Waals surface area (Å²) in [5, 5.41) is 21.8. The van der Waals surface area contributed by atoms with Gasteiger partial charge in [-0.25, -0.2) is 19.9 Å². The van der Waals surface area contributed by atoms with E-state index < -0.39 is 0 Å². The number of para-hydroxylation sites is 1. The van der Waals surface area contributed by atoms with Crippen LogP contribution in [0, 0.1) is 6.08 Å². The van der Waals surface area contributed by atoms with Gasteiger partial charge in [0.2, 0.25) is 11.2 Å². The van der Waals surface area contributed by atoms with Crippen molar-refractivity contribution < 1.29 is 0 Å². The molecular formula is C96H54ClN6S4+. The molecule has 8 heterocycles. The van der Waals surface area contributed by atoms with E-state index in [1.807, 2.05) is 47.0 Å². The average molecular weight is 1460 g/mol. The molecule has 0 spiro atoms. The molecule has 15 aromatic carbocycles. The molecule has 0 atom stereocenters. The van der Waals surface area contributed by atoms with Gasteiger partial charge in [-0.15, -0.1) is 45.3 Å². The van der Waals surface area contributed by atoms with E-state index in [0.29, 0.717) is 5.95 Å². The van der Waals surface area contributed by atoms with Gasteiger partial charge in [0, 0.05) is 84.5 Å². The van der Waals surface area contributed by atoms with Crippen molar-refractivity contribution in [3.8, 4) is 50.7 Å². The number of hydrogen-bond donors (Lipinski definition) is 1. The molecule has 23 aromatic rings. The van der Waals surface area contributed by atoms with Gasteiger partial charge in [-0.3, -0.25) is 9.55 Å². The largest absolute Gasteiger partial charge is 0.299 e. The van der Waals surface area contributed by atoms with Crippen LogP contribution in [-0.4, -0.2) is 29.5 Å². The zero-order valence-electron chi connectivity index (χ0n) is 56.8. The molecule has 0 fully saturated rings. The Balaban J connectivity index is 0.000000111. The second kappa shape index (κ2) is 24.8. The molecule has 498 valence electrons. The molecule has 0 radical (unpaired) electrons. The number of thiophene rings is 4. The van der Waals surface area contributed by atoms with Crippen LogP contribution in [0.4, 0.5) is 0 Å². The molecule has 0 bridgehead atoms. The van der Waals surface area contributed by atoms with Gasteiger partial charge >= 0.3 is 0 Å². The minimum atomic E-state index is 0.277. The van der Waals surface area contributed by atoms with Gasteiger partial charge in [-0.2, -0.15) is 0 Å². The molecule has 6 nitrogen and oxygen atoms in total. The van der Waals surface area contributed by atoms with Gasteiger partial charge in [0.15, 0.2) is 5.69 Å². The molecule has 0 saturated heterocycles. The lowest BCUT2D eigenvalue weighted by molar-refractivity contribution is 1.02. The fraction of sp³-hybridized carbons (Fsp3) is 0. The van der Waals surface area contributed by atoms with Crippen LogP contribution in [0.3, 0.4) is 0 Å². The summed E-state index contributed by atoms with van der Waals surface area (Å²) in [7, 11) is 0. The smallest absolute Gasteiger partial charge is 0.235 e. The summed E-state index contributed by atoms with van der Waals surface area (Å²) in [5.74, 6) is 0.690. The van der Waals surface area contributed by atoms with E-state index in [0.717, 1.165) is 70.4 Å². The molecule has 1 aliphatic rings. The van der Waals surface area contributed by atoms with Gasteiger partial charge in [-0.05, 0) is 119 Å². The topological polar surface area (TPSA) is 72.3 Å². The van der Waals surface area contributed by atoms with Gasteiger partial charge in [0.25, 0.3) is 0 Å². The molecule has 0 unspecified atom stereocenters. The van der Waals surface area contributed by atoms with Crippen molar-refractivity contribution in [2.45, 2.75) is 0 Å². The zero-order chi connectivity index (χ0) is 70.4. The highest BCUT2D eigenvalue weighted by molar-refractivity contribution is 7.28. The maximum Gasteiger partial charge on any atom is 0.235 e. The number of halogens is 1. The van der Waals surface area contributed by atoms with Crippen molar-refractivity contribution in [2.75, 3.05) is 0 Å². The van der Waals surface area contributed by atoms with Crippen LogP contribution < -0.4 is 0 Å². The van der Waals surface area contributed by atoms with Gasteiger partial charge in [0.05, 0.1) is 63.8 Å². The molecule has 1 aliphatic carbocycles. The Morgan fingerprint density at radius 2 is 0.738 bits per heavy atom. The lowest BCUT2D eigenvalue weighted by atomic mass is 9.97. The molecule has 11 heteroatoms. The second-order valence-electron chi connectivity index (χ2n) is 27.2. The van der Waals surface area contributed by atoms with Crippen LogP contribution >= 0.6 is 56.9 Å². The number of H-pyrrole nitrogens is 1. The van der Waals surface area contributed by atoms with E-state index in [2.05, 4.69) is 323 Å². The standard InChI is InChI=1S/C48H27N3S2.C26H15ClN2S.C22H12NS/c1-2-12-31-27-32(26-23-28(31)11-1)29-21-24-30(25-22-29)43-47-44(37-17-7-10-20-40(37)53-47)50-48(49-43)51-38-18-8-5-15-35(38)41-33-13-3-4-14-34(33)42-36-16-6-9-19-39(36)52-46(42)45(41)51;27-26-28-23(25-24(29-26)21-7-3-4-8-22(21)30-25)18-12-9-17(10-13-18)20-14-11-16-5-1-2-6-19(16)15-20;1-2-8-14-13(7-1)19-15-9-3-5-11-17(15)23-21(19)22-20(14)16-10-4-6-12-18(16)24-22/h1-27H;1-15H;1-4,6-12,23H/q;;+1. The molecule has 1 N–H and O–H groups in total. The molecule has 0 aliphatic heterocycles. The molecule has 0 saturated carbocycles. The maximum atomic E-state index is 6.30. The summed E-state index contributed by atoms with van der Waals surface area (Å²) in [6.07, 6.45) is 9.40. The number of aromatic amines is 1. The van der Waals surface area contributed by atoms with Crippen molar-refractivity contribution in [1.82, 2.24) is 29.5 Å². The fourth-order valence-corrected chi connectivity index (χ4v) is 21.2. The third-order valence-corrected chi connectivity index (χ3v) is 26.0. The highest BCUT2D eigenvalue weighted by Gasteiger charge is 2.27. The lowest BCUT2D eigenvalue weighted by Crippen LogP contribution is -2.03. The summed E-state index contributed by atoms with van der Waals surface area (Å²) in [6.45, 7) is 0. The van der Waals surface area contributed by atoms with Gasteiger partial charge in [-0.1, -0.05) is 261 Å². The van der Waals surface area contributed by atoms with E-state index >= 15 is 0 Å². The Morgan fingerprint density at radius 3 is 1.31 bits per heavy atom. The summed E-state index contributed by atoms with van der Waals surface area (Å²) in [6, 6.07) is 108. The van der Waals surface area contributed by atoms with Crippen molar-refractivity contribution in [2.24, 2.45) is 0 Å². The summed E-state index contributed by atoms with van der Waals surface area (Å²) in [5.41, 5.74) is 16.6. The quantitative estimate of drug-likeness (QED) is 0.138. The van der Waals surface area contributed by atoms with Crippen LogP contribution in [0.5, 0.6) is 0 Å². The first kappa shape index (κ1) is 61.8. The number of rotatable bonds is 5. The third-order valence-electron chi connectivity index (χ3n) is 21.2. The van der Waals surface area contributed by atoms with Crippen LogP contribution in [0.25, 0.3) is 220 Å². The number of allylic oxidation sites excluding steroid dienone is 2. The molecule has 24 rings (SSSR count). The van der Waals surface area contributed by atoms with E-state index in [-0.39, 0.29) is 5.28 Å². The van der Waals surface area contributed by atoms with Crippen molar-refractivity contribution in [1.29, 1.82) is 0 Å². The average Bonchev–Trinajstić information content (AvgIpc) is 1.54. The van der Waals surface area contributed by atoms with Crippen LogP contribution in [0.2, 0.25) is 5.28 Å². The molecular weight excluding hydrogens is 1400 g/mol. The number of hydrogen-bond acceptors (Lipinski definition) is 8. The Morgan fingerprint density at radius 1 is 0.327 bits per heavy atom.